The van der Waals surface area contributed by atoms with Crippen LogP contribution in [0.2, 0.25) is 0 Å². The predicted octanol–water partition coefficient (Wildman–Crippen LogP) is 1.10. The lowest BCUT2D eigenvalue weighted by Crippen LogP contribution is -2.18. The molecule has 1 fully saturated rings. The number of carbonyl (C=O) groups excluding carboxylic acids is 1. The van der Waals surface area contributed by atoms with Gasteiger partial charge >= 0.3 is 5.97 Å². The maximum absolute atomic E-state index is 10.9. The zero-order valence-corrected chi connectivity index (χ0v) is 7.45. The SMILES string of the molecule is CCCC[C@H]1OC(=O)C[C@@H]1CO. The number of aliphatic hydroxyl groups excluding tert-OH is 1. The van der Waals surface area contributed by atoms with Gasteiger partial charge in [0.15, 0.2) is 0 Å². The van der Waals surface area contributed by atoms with E-state index in [2.05, 4.69) is 6.92 Å². The number of ether oxygens (including phenoxy) is 1. The van der Waals surface area contributed by atoms with Gasteiger partial charge in [-0.1, -0.05) is 19.8 Å². The molecule has 0 radical (unpaired) electrons. The second-order valence-electron chi connectivity index (χ2n) is 3.32. The third-order valence-corrected chi connectivity index (χ3v) is 2.31. The van der Waals surface area contributed by atoms with E-state index in [1.54, 1.807) is 0 Å². The third-order valence-electron chi connectivity index (χ3n) is 2.31. The monoisotopic (exact) mass is 172 g/mol. The van der Waals surface area contributed by atoms with E-state index in [1.165, 1.54) is 0 Å². The fourth-order valence-electron chi connectivity index (χ4n) is 1.54. The van der Waals surface area contributed by atoms with Crippen molar-refractivity contribution in [3.8, 4) is 0 Å². The molecule has 3 heteroatoms. The summed E-state index contributed by atoms with van der Waals surface area (Å²) >= 11 is 0. The predicted molar refractivity (Wildman–Crippen MR) is 44.6 cm³/mol. The highest BCUT2D eigenvalue weighted by Gasteiger charge is 2.33. The number of aliphatic hydroxyl groups is 1. The molecule has 0 saturated carbocycles. The van der Waals surface area contributed by atoms with Crippen LogP contribution in [0.1, 0.15) is 32.6 Å². The second kappa shape index (κ2) is 4.45. The van der Waals surface area contributed by atoms with E-state index in [9.17, 15) is 4.79 Å². The minimum Gasteiger partial charge on any atom is -0.462 e. The Bertz CT molecular complexity index is 156. The molecular formula is C9H16O3. The summed E-state index contributed by atoms with van der Waals surface area (Å²) < 4.78 is 5.07. The van der Waals surface area contributed by atoms with Crippen LogP contribution in [0.3, 0.4) is 0 Å². The van der Waals surface area contributed by atoms with E-state index in [0.717, 1.165) is 19.3 Å². The summed E-state index contributed by atoms with van der Waals surface area (Å²) in [5.74, 6) is -0.112. The highest BCUT2D eigenvalue weighted by Crippen LogP contribution is 2.25. The molecule has 0 aromatic heterocycles. The number of carbonyl (C=O) groups is 1. The van der Waals surface area contributed by atoms with E-state index in [1.807, 2.05) is 0 Å². The highest BCUT2D eigenvalue weighted by atomic mass is 16.6. The van der Waals surface area contributed by atoms with Crippen LogP contribution >= 0.6 is 0 Å². The molecule has 12 heavy (non-hydrogen) atoms. The molecule has 1 aliphatic rings. The molecule has 0 spiro atoms. The van der Waals surface area contributed by atoms with Crippen molar-refractivity contribution in [2.24, 2.45) is 5.92 Å². The molecule has 1 saturated heterocycles. The molecule has 1 rings (SSSR count). The van der Waals surface area contributed by atoms with Gasteiger partial charge in [-0.05, 0) is 6.42 Å². The average molecular weight is 172 g/mol. The van der Waals surface area contributed by atoms with Crippen molar-refractivity contribution in [2.75, 3.05) is 6.61 Å². The summed E-state index contributed by atoms with van der Waals surface area (Å²) in [5.41, 5.74) is 0. The molecule has 0 unspecified atom stereocenters. The Hall–Kier alpha value is -0.570. The first-order valence-electron chi connectivity index (χ1n) is 4.58. The summed E-state index contributed by atoms with van der Waals surface area (Å²) in [6.07, 6.45) is 3.43. The van der Waals surface area contributed by atoms with Crippen molar-refractivity contribution in [1.82, 2.24) is 0 Å². The molecule has 3 nitrogen and oxygen atoms in total. The molecule has 70 valence electrons. The Morgan fingerprint density at radius 3 is 3.00 bits per heavy atom. The second-order valence-corrected chi connectivity index (χ2v) is 3.32. The fraction of sp³-hybridized carbons (Fsp3) is 0.889. The third kappa shape index (κ3) is 2.21. The summed E-state index contributed by atoms with van der Waals surface area (Å²) in [6.45, 7) is 2.17. The van der Waals surface area contributed by atoms with Crippen LogP contribution in [0.4, 0.5) is 0 Å². The number of hydrogen-bond donors (Lipinski definition) is 1. The van der Waals surface area contributed by atoms with Crippen molar-refractivity contribution in [3.63, 3.8) is 0 Å². The van der Waals surface area contributed by atoms with Gasteiger partial charge in [0.05, 0.1) is 6.42 Å². The van der Waals surface area contributed by atoms with Gasteiger partial charge in [0.2, 0.25) is 0 Å². The van der Waals surface area contributed by atoms with E-state index >= 15 is 0 Å². The van der Waals surface area contributed by atoms with Crippen molar-refractivity contribution >= 4 is 5.97 Å². The van der Waals surface area contributed by atoms with E-state index < -0.39 is 0 Å². The molecule has 0 bridgehead atoms. The quantitative estimate of drug-likeness (QED) is 0.646. The summed E-state index contributed by atoms with van der Waals surface area (Å²) in [6, 6.07) is 0. The van der Waals surface area contributed by atoms with Crippen LogP contribution in [0.5, 0.6) is 0 Å². The lowest BCUT2D eigenvalue weighted by Gasteiger charge is -2.14. The topological polar surface area (TPSA) is 46.5 Å². The van der Waals surface area contributed by atoms with Crippen molar-refractivity contribution in [3.05, 3.63) is 0 Å². The molecule has 0 aromatic carbocycles. The summed E-state index contributed by atoms with van der Waals surface area (Å²) in [4.78, 5) is 10.9. The minimum atomic E-state index is -0.157. The Labute approximate surface area is 72.7 Å². The summed E-state index contributed by atoms with van der Waals surface area (Å²) in [5, 5.41) is 8.92. The van der Waals surface area contributed by atoms with Crippen molar-refractivity contribution in [2.45, 2.75) is 38.7 Å². The number of hydrogen-bond acceptors (Lipinski definition) is 3. The maximum Gasteiger partial charge on any atom is 0.306 e. The fourth-order valence-corrected chi connectivity index (χ4v) is 1.54. The van der Waals surface area contributed by atoms with Gasteiger partial charge in [0.1, 0.15) is 6.10 Å². The molecule has 1 heterocycles. The van der Waals surface area contributed by atoms with Gasteiger partial charge in [-0.15, -0.1) is 0 Å². The van der Waals surface area contributed by atoms with Gasteiger partial charge < -0.3 is 9.84 Å². The Kier molecular flexibility index (Phi) is 3.53. The van der Waals surface area contributed by atoms with Gasteiger partial charge in [-0.2, -0.15) is 0 Å². The minimum absolute atomic E-state index is 0.0255. The highest BCUT2D eigenvalue weighted by molar-refractivity contribution is 5.72. The van der Waals surface area contributed by atoms with Crippen LogP contribution in [0.15, 0.2) is 0 Å². The van der Waals surface area contributed by atoms with E-state index in [-0.39, 0.29) is 24.6 Å². The van der Waals surface area contributed by atoms with Gasteiger partial charge in [-0.25, -0.2) is 0 Å². The van der Waals surface area contributed by atoms with Crippen LogP contribution in [-0.4, -0.2) is 23.8 Å². The maximum atomic E-state index is 10.9. The number of esters is 1. The zero-order valence-electron chi connectivity index (χ0n) is 7.45. The average Bonchev–Trinajstić information content (AvgIpc) is 2.42. The molecular weight excluding hydrogens is 156 g/mol. The standard InChI is InChI=1S/C9H16O3/c1-2-3-4-8-7(6-10)5-9(11)12-8/h7-8,10H,2-6H2,1H3/t7-,8-/m1/s1. The molecule has 1 N–H and O–H groups in total. The van der Waals surface area contributed by atoms with Crippen molar-refractivity contribution in [1.29, 1.82) is 0 Å². The lowest BCUT2D eigenvalue weighted by molar-refractivity contribution is -0.141. The van der Waals surface area contributed by atoms with Crippen LogP contribution < -0.4 is 0 Å². The van der Waals surface area contributed by atoms with E-state index in [0.29, 0.717) is 6.42 Å². The smallest absolute Gasteiger partial charge is 0.306 e. The molecule has 2 atom stereocenters. The van der Waals surface area contributed by atoms with Crippen LogP contribution in [0, 0.1) is 5.92 Å². The Morgan fingerprint density at radius 2 is 2.42 bits per heavy atom. The van der Waals surface area contributed by atoms with Crippen LogP contribution in [0.25, 0.3) is 0 Å². The Balaban J connectivity index is 2.35. The van der Waals surface area contributed by atoms with E-state index in [4.69, 9.17) is 9.84 Å². The number of cyclic esters (lactones) is 1. The first kappa shape index (κ1) is 9.52. The van der Waals surface area contributed by atoms with Crippen LogP contribution in [-0.2, 0) is 9.53 Å². The molecule has 0 aromatic rings. The van der Waals surface area contributed by atoms with Gasteiger partial charge in [-0.3, -0.25) is 4.79 Å². The molecule has 0 amide bonds. The van der Waals surface area contributed by atoms with Crippen molar-refractivity contribution < 1.29 is 14.6 Å². The zero-order chi connectivity index (χ0) is 8.97. The largest absolute Gasteiger partial charge is 0.462 e. The van der Waals surface area contributed by atoms with Gasteiger partial charge in [0, 0.05) is 12.5 Å². The number of rotatable bonds is 4. The number of unbranched alkanes of at least 4 members (excludes halogenated alkanes) is 1. The normalized spacial score (nSPS) is 29.0. The first-order chi connectivity index (χ1) is 5.77. The molecule has 0 aliphatic carbocycles. The molecule has 1 aliphatic heterocycles. The first-order valence-corrected chi connectivity index (χ1v) is 4.58. The summed E-state index contributed by atoms with van der Waals surface area (Å²) in [7, 11) is 0. The van der Waals surface area contributed by atoms with Gasteiger partial charge in [0.25, 0.3) is 0 Å². The lowest BCUT2D eigenvalue weighted by atomic mass is 9.98. The Morgan fingerprint density at radius 1 is 1.67 bits per heavy atom.